The van der Waals surface area contributed by atoms with Gasteiger partial charge in [-0.3, -0.25) is 58.3 Å². The van der Waals surface area contributed by atoms with Crippen LogP contribution in [0.15, 0.2) is 85.1 Å². The number of phenols is 1. The number of nitrogens with zero attached hydrogens (tertiary/aromatic N) is 2. The highest BCUT2D eigenvalue weighted by Crippen LogP contribution is 2.26. The van der Waals surface area contributed by atoms with Crippen LogP contribution in [0.2, 0.25) is 0 Å². The van der Waals surface area contributed by atoms with E-state index in [1.807, 2.05) is 6.07 Å². The molecule has 14 atom stereocenters. The number of amides is 9. The number of para-hydroxylation sites is 1. The molecule has 4 aromatic rings. The molecule has 101 heavy (non-hydrogen) atoms. The maximum Gasteiger partial charge on any atom is 0.328 e. The minimum absolute atomic E-state index is 0.0331. The van der Waals surface area contributed by atoms with Gasteiger partial charge < -0.3 is 101 Å². The standard InChI is InChI=1S/C67H98N18O14S2/c1-39(86)56-64(97)79-52(63(96)81-57(40(2)87)65(98)99)34-101-100-33-51(62(95)76-49(30-42-18-20-44(88)21-19-42)60(93)77-50(31-43-32-73-46-14-7-6-13-45(43)46)61(94)75-47(58(91)80-56)15-8-9-23-68)78-59(92)48(29-41-11-4-3-5-12-41)74-54(89)16-10-17-55(90)83-67-36-72-25-24-71-35-66(69,70)37-84-26-22-53(82-67)85(38-67)28-27-84/h3-7,11-14,18-21,32,39-40,47-53,56-57,71-73,82,86-88H,8-10,15-17,22-31,33-38,68-70H2,1-2H3,(H,74,89)(H,75,94)(H,76,95)(H,77,93)(H,78,92)(H,79,97)(H,80,91)(H,81,96)(H,83,90)(H,98,99)/t39?,40?,47?,48?,49?,50-,51+,52+,53+,56?,57?,67+/m1/s1. The number of fused-ring (bicyclic) bond motifs is 10. The molecular formula is C67H98N18O14S2. The fourth-order valence-electron chi connectivity index (χ4n) is 12.6. The third-order valence-electron chi connectivity index (χ3n) is 18.0. The van der Waals surface area contributed by atoms with Crippen LogP contribution >= 0.6 is 21.6 Å². The Balaban J connectivity index is 1.08. The van der Waals surface area contributed by atoms with Crippen LogP contribution in [0.4, 0.5) is 0 Å². The SMILES string of the molecule is CC(O)C(NC(=O)[C@@H]1CSSC[C@H](NC(=O)C(Cc2ccccc2)NC(=O)CCCC(=O)N[C@]23CNCCNCC(N)(N)CN4CC[C@@H](N2)N(CC4)C3)C(=O)NC(Cc2ccc(O)cc2)C(=O)N[C@H](Cc2c[nH]c3ccccc23)C(=O)NC(CCCCN)C(=O)NC(C(C)O)C(=O)N1)C(=O)O. The van der Waals surface area contributed by atoms with Gasteiger partial charge in [0.15, 0.2) is 6.04 Å². The van der Waals surface area contributed by atoms with Crippen molar-refractivity contribution in [2.75, 3.05) is 77.0 Å². The number of hydrogen-bond donors (Lipinski definition) is 20. The number of aromatic nitrogens is 1. The van der Waals surface area contributed by atoms with E-state index in [-0.39, 0.29) is 81.5 Å². The van der Waals surface area contributed by atoms with E-state index in [4.69, 9.17) is 17.2 Å². The van der Waals surface area contributed by atoms with Crippen LogP contribution in [0.3, 0.4) is 0 Å². The Morgan fingerprint density at radius 3 is 2.07 bits per heavy atom. The Morgan fingerprint density at radius 1 is 0.693 bits per heavy atom. The van der Waals surface area contributed by atoms with E-state index >= 15 is 14.4 Å². The summed E-state index contributed by atoms with van der Waals surface area (Å²) >= 11 is 0. The Bertz CT molecular complexity index is 3470. The van der Waals surface area contributed by atoms with Gasteiger partial charge in [-0.05, 0) is 87.4 Å². The van der Waals surface area contributed by atoms with Gasteiger partial charge in [0.2, 0.25) is 53.2 Å². The molecule has 5 aliphatic rings. The predicted octanol–water partition coefficient (Wildman–Crippen LogP) is -4.12. The van der Waals surface area contributed by atoms with Gasteiger partial charge in [-0.1, -0.05) is 82.3 Å². The number of H-pyrrole nitrogens is 1. The van der Waals surface area contributed by atoms with Crippen LogP contribution in [0.25, 0.3) is 10.9 Å². The van der Waals surface area contributed by atoms with Crippen molar-refractivity contribution in [1.29, 1.82) is 0 Å². The predicted molar refractivity (Wildman–Crippen MR) is 379 cm³/mol. The number of nitrogens with two attached hydrogens (primary N) is 3. The van der Waals surface area contributed by atoms with Gasteiger partial charge in [0.05, 0.1) is 24.0 Å². The second-order valence-corrected chi connectivity index (χ2v) is 29.0. The number of aliphatic hydroxyl groups is 2. The highest BCUT2D eigenvalue weighted by Gasteiger charge is 2.46. The number of aromatic amines is 1. The molecule has 0 aliphatic carbocycles. The van der Waals surface area contributed by atoms with Gasteiger partial charge in [0, 0.05) is 120 Å². The zero-order valence-corrected chi connectivity index (χ0v) is 58.4. The average molecular weight is 1440 g/mol. The number of phenolic OH excluding ortho intramolecular Hbond substituents is 1. The Hall–Kier alpha value is -8.00. The number of hydrogen-bond acceptors (Lipinski definition) is 23. The van der Waals surface area contributed by atoms with E-state index in [0.717, 1.165) is 48.0 Å². The maximum atomic E-state index is 15.2. The average Bonchev–Trinajstić information content (AvgIpc) is 1.54. The van der Waals surface area contributed by atoms with E-state index in [9.17, 15) is 54.0 Å². The monoisotopic (exact) mass is 1440 g/mol. The molecule has 5 fully saturated rings. The zero-order valence-electron chi connectivity index (χ0n) is 56.8. The third-order valence-corrected chi connectivity index (χ3v) is 20.4. The molecular weight excluding hydrogens is 1340 g/mol. The summed E-state index contributed by atoms with van der Waals surface area (Å²) in [6, 6.07) is 8.87. The van der Waals surface area contributed by atoms with Crippen LogP contribution in [0.1, 0.15) is 75.5 Å². The van der Waals surface area contributed by atoms with Gasteiger partial charge in [-0.15, -0.1) is 0 Å². The summed E-state index contributed by atoms with van der Waals surface area (Å²) in [7, 11) is 1.76. The van der Waals surface area contributed by atoms with Crippen molar-refractivity contribution in [1.82, 2.24) is 78.6 Å². The largest absolute Gasteiger partial charge is 0.508 e. The summed E-state index contributed by atoms with van der Waals surface area (Å²) in [5.74, 6) is -10.2. The zero-order chi connectivity index (χ0) is 72.8. The molecule has 1 aromatic heterocycles. The van der Waals surface area contributed by atoms with Crippen molar-refractivity contribution in [3.8, 4) is 5.75 Å². The highest BCUT2D eigenvalue weighted by molar-refractivity contribution is 8.76. The molecule has 0 saturated carbocycles. The second kappa shape index (κ2) is 37.8. The van der Waals surface area contributed by atoms with E-state index in [2.05, 4.69) is 78.6 Å². The molecule has 34 heteroatoms. The van der Waals surface area contributed by atoms with Gasteiger partial charge in [0.1, 0.15) is 53.7 Å². The van der Waals surface area contributed by atoms with E-state index in [0.29, 0.717) is 79.8 Å². The number of aromatic hydroxyl groups is 1. The maximum absolute atomic E-state index is 15.2. The molecule has 4 bridgehead atoms. The summed E-state index contributed by atoms with van der Waals surface area (Å²) < 4.78 is 0. The second-order valence-electron chi connectivity index (χ2n) is 26.5. The lowest BCUT2D eigenvalue weighted by molar-refractivity contribution is -0.145. The number of aliphatic hydroxyl groups excluding tert-OH is 2. The first-order valence-electron chi connectivity index (χ1n) is 34.1. The highest BCUT2D eigenvalue weighted by atomic mass is 33.1. The molecule has 32 nitrogen and oxygen atoms in total. The van der Waals surface area contributed by atoms with Gasteiger partial charge in [-0.25, -0.2) is 4.79 Å². The molecule has 9 amide bonds. The summed E-state index contributed by atoms with van der Waals surface area (Å²) in [6.07, 6.45) is -1.01. The topological polar surface area (TPSA) is 496 Å². The number of carbonyl (C=O) groups is 10. The molecule has 6 heterocycles. The first-order chi connectivity index (χ1) is 48.3. The summed E-state index contributed by atoms with van der Waals surface area (Å²) in [5, 5.41) is 77.2. The number of nitrogens with one attached hydrogen (secondary N) is 13. The Morgan fingerprint density at radius 2 is 1.36 bits per heavy atom. The first-order valence-corrected chi connectivity index (χ1v) is 36.6. The quantitative estimate of drug-likeness (QED) is 0.0191. The smallest absolute Gasteiger partial charge is 0.328 e. The Kier molecular flexibility index (Phi) is 29.4. The third kappa shape index (κ3) is 23.8. The summed E-state index contributed by atoms with van der Waals surface area (Å²) in [4.78, 5) is 151. The number of carboxylic acids is 1. The number of rotatable bonds is 23. The number of carbonyl (C=O) groups excluding carboxylic acids is 9. The van der Waals surface area contributed by atoms with Crippen molar-refractivity contribution in [2.45, 2.75) is 156 Å². The number of benzene rings is 3. The minimum Gasteiger partial charge on any atom is -0.508 e. The summed E-state index contributed by atoms with van der Waals surface area (Å²) in [5.41, 5.74) is 19.3. The van der Waals surface area contributed by atoms with Gasteiger partial charge in [0.25, 0.3) is 0 Å². The molecule has 5 aliphatic heterocycles. The van der Waals surface area contributed by atoms with Crippen molar-refractivity contribution < 1.29 is 68.4 Å². The molecule has 9 rings (SSSR count). The van der Waals surface area contributed by atoms with E-state index in [1.54, 1.807) is 54.7 Å². The van der Waals surface area contributed by atoms with Gasteiger partial charge in [-0.2, -0.15) is 0 Å². The van der Waals surface area contributed by atoms with Crippen molar-refractivity contribution >= 4 is 91.6 Å². The lowest BCUT2D eigenvalue weighted by Crippen LogP contribution is -2.66. The van der Waals surface area contributed by atoms with Gasteiger partial charge >= 0.3 is 5.97 Å². The van der Waals surface area contributed by atoms with Crippen LogP contribution in [0.5, 0.6) is 5.75 Å². The number of carboxylic acid groups (broad SMARTS) is 1. The lowest BCUT2D eigenvalue weighted by Gasteiger charge is -2.35. The molecule has 9 unspecified atom stereocenters. The molecule has 3 aromatic carbocycles. The first kappa shape index (κ1) is 78.7. The van der Waals surface area contributed by atoms with Crippen molar-refractivity contribution in [3.05, 3.63) is 102 Å². The molecule has 23 N–H and O–H groups in total. The van der Waals surface area contributed by atoms with Crippen LogP contribution in [0, 0.1) is 0 Å². The molecule has 0 spiro atoms. The van der Waals surface area contributed by atoms with E-state index in [1.165, 1.54) is 31.2 Å². The minimum atomic E-state index is -1.88. The molecule has 5 saturated heterocycles. The Labute approximate surface area is 593 Å². The molecule has 552 valence electrons. The summed E-state index contributed by atoms with van der Waals surface area (Å²) in [6.45, 7) is 7.71. The molecule has 0 radical (unpaired) electrons. The lowest BCUT2D eigenvalue weighted by atomic mass is 10.0. The fraction of sp³-hybridized carbons (Fsp3) is 0.552. The van der Waals surface area contributed by atoms with E-state index < -0.39 is 131 Å². The van der Waals surface area contributed by atoms with Crippen LogP contribution < -0.4 is 81.0 Å². The number of unbranched alkanes of at least 4 members (excludes halogenated alkanes) is 1. The van der Waals surface area contributed by atoms with Crippen LogP contribution in [-0.4, -0.2) is 249 Å². The number of aliphatic carboxylic acids is 1. The van der Waals surface area contributed by atoms with Crippen molar-refractivity contribution in [2.24, 2.45) is 17.2 Å². The van der Waals surface area contributed by atoms with Crippen LogP contribution in [-0.2, 0) is 67.2 Å². The fourth-order valence-corrected chi connectivity index (χ4v) is 15.0. The normalized spacial score (nSPS) is 26.3. The van der Waals surface area contributed by atoms with Crippen molar-refractivity contribution in [3.63, 3.8) is 0 Å².